The molecule has 0 amide bonds. The zero-order valence-electron chi connectivity index (χ0n) is 15.3. The fraction of sp³-hybridized carbons (Fsp3) is 0.400. The molecule has 2 nitrogen and oxygen atoms in total. The van der Waals surface area contributed by atoms with E-state index < -0.39 is 0 Å². The lowest BCUT2D eigenvalue weighted by Crippen LogP contribution is -1.73. The van der Waals surface area contributed by atoms with Gasteiger partial charge in [0.15, 0.2) is 0 Å². The van der Waals surface area contributed by atoms with Gasteiger partial charge < -0.3 is 11.5 Å². The van der Waals surface area contributed by atoms with Gasteiger partial charge in [-0.3, -0.25) is 0 Å². The van der Waals surface area contributed by atoms with Crippen LogP contribution in [0.1, 0.15) is 40.5 Å². The Bertz CT molecular complexity index is 332. The Kier molecular flexibility index (Phi) is 28.1. The predicted molar refractivity (Wildman–Crippen MR) is 104 cm³/mol. The first kappa shape index (κ1) is 25.3. The molecule has 2 aromatic rings. The van der Waals surface area contributed by atoms with Gasteiger partial charge in [-0.15, -0.1) is 0 Å². The molecular weight excluding hydrogens is 268 g/mol. The van der Waals surface area contributed by atoms with Crippen LogP contribution in [0.25, 0.3) is 11.1 Å². The summed E-state index contributed by atoms with van der Waals surface area (Å²) in [7, 11) is 3.00. The third-order valence-corrected chi connectivity index (χ3v) is 1.88. The van der Waals surface area contributed by atoms with Crippen molar-refractivity contribution in [3.05, 3.63) is 60.7 Å². The van der Waals surface area contributed by atoms with E-state index in [1.54, 1.807) is 0 Å². The smallest absolute Gasteiger partial charge is 0.0184 e. The molecule has 2 rings (SSSR count). The van der Waals surface area contributed by atoms with Gasteiger partial charge in [-0.1, -0.05) is 101 Å². The highest BCUT2D eigenvalue weighted by molar-refractivity contribution is 5.62. The Labute approximate surface area is 138 Å². The van der Waals surface area contributed by atoms with E-state index in [4.69, 9.17) is 0 Å². The van der Waals surface area contributed by atoms with Gasteiger partial charge in [0.05, 0.1) is 0 Å². The molecule has 22 heavy (non-hydrogen) atoms. The summed E-state index contributed by atoms with van der Waals surface area (Å²) in [6, 6.07) is 20.8. The third-order valence-electron chi connectivity index (χ3n) is 1.88. The lowest BCUT2D eigenvalue weighted by Gasteiger charge is -1.98. The summed E-state index contributed by atoms with van der Waals surface area (Å²) < 4.78 is 0. The van der Waals surface area contributed by atoms with Gasteiger partial charge in [0.25, 0.3) is 0 Å². The van der Waals surface area contributed by atoms with Gasteiger partial charge in [0.2, 0.25) is 0 Å². The van der Waals surface area contributed by atoms with Crippen molar-refractivity contribution < 1.29 is 0 Å². The van der Waals surface area contributed by atoms with Crippen molar-refractivity contribution in [3.8, 4) is 11.1 Å². The SMILES string of the molecule is CCC.CCC.CN.CN.c1ccc(-c2ccccc2)cc1. The summed E-state index contributed by atoms with van der Waals surface area (Å²) in [4.78, 5) is 0. The minimum atomic E-state index is 1.25. The van der Waals surface area contributed by atoms with Crippen molar-refractivity contribution in [1.29, 1.82) is 0 Å². The van der Waals surface area contributed by atoms with Gasteiger partial charge in [-0.25, -0.2) is 0 Å². The van der Waals surface area contributed by atoms with E-state index in [2.05, 4.69) is 87.7 Å². The van der Waals surface area contributed by atoms with Crippen LogP contribution in [0.2, 0.25) is 0 Å². The molecule has 0 unspecified atom stereocenters. The molecule has 0 aliphatic rings. The molecule has 0 bridgehead atoms. The van der Waals surface area contributed by atoms with E-state index in [0.717, 1.165) is 0 Å². The molecule has 0 aromatic heterocycles. The van der Waals surface area contributed by atoms with E-state index >= 15 is 0 Å². The average molecular weight is 305 g/mol. The topological polar surface area (TPSA) is 52.0 Å². The molecule has 0 heterocycles. The molecule has 0 saturated carbocycles. The number of rotatable bonds is 1. The lowest BCUT2D eigenvalue weighted by atomic mass is 10.1. The van der Waals surface area contributed by atoms with Crippen molar-refractivity contribution in [3.63, 3.8) is 0 Å². The van der Waals surface area contributed by atoms with Crippen molar-refractivity contribution in [1.82, 2.24) is 0 Å². The Morgan fingerprint density at radius 3 is 0.864 bits per heavy atom. The number of benzene rings is 2. The van der Waals surface area contributed by atoms with E-state index in [1.807, 2.05) is 12.1 Å². The van der Waals surface area contributed by atoms with Crippen molar-refractivity contribution in [2.24, 2.45) is 11.5 Å². The molecule has 0 fully saturated rings. The number of nitrogens with two attached hydrogens (primary N) is 2. The zero-order valence-corrected chi connectivity index (χ0v) is 15.3. The van der Waals surface area contributed by atoms with Crippen LogP contribution in [0.5, 0.6) is 0 Å². The van der Waals surface area contributed by atoms with Gasteiger partial charge >= 0.3 is 0 Å². The molecule has 4 N–H and O–H groups in total. The Morgan fingerprint density at radius 1 is 0.500 bits per heavy atom. The first-order valence-electron chi connectivity index (χ1n) is 8.05. The highest BCUT2D eigenvalue weighted by atomic mass is 14.4. The van der Waals surface area contributed by atoms with Crippen LogP contribution < -0.4 is 11.5 Å². The molecule has 2 heteroatoms. The molecular formula is C20H36N2. The van der Waals surface area contributed by atoms with Crippen LogP contribution in [0.4, 0.5) is 0 Å². The maximum absolute atomic E-state index is 4.50. The summed E-state index contributed by atoms with van der Waals surface area (Å²) in [5, 5.41) is 0. The van der Waals surface area contributed by atoms with E-state index in [9.17, 15) is 0 Å². The van der Waals surface area contributed by atoms with Crippen LogP contribution >= 0.6 is 0 Å². The molecule has 0 saturated heterocycles. The second-order valence-corrected chi connectivity index (χ2v) is 4.15. The zero-order chi connectivity index (χ0) is 17.6. The van der Waals surface area contributed by atoms with Crippen LogP contribution in [0, 0.1) is 0 Å². The fourth-order valence-corrected chi connectivity index (χ4v) is 1.26. The lowest BCUT2D eigenvalue weighted by molar-refractivity contribution is 1.09. The Morgan fingerprint density at radius 2 is 0.682 bits per heavy atom. The summed E-state index contributed by atoms with van der Waals surface area (Å²) in [5.41, 5.74) is 11.6. The molecule has 0 spiro atoms. The van der Waals surface area contributed by atoms with Crippen LogP contribution in [0.15, 0.2) is 60.7 Å². The summed E-state index contributed by atoms with van der Waals surface area (Å²) in [5.74, 6) is 0. The minimum Gasteiger partial charge on any atom is -0.333 e. The quantitative estimate of drug-likeness (QED) is 0.747. The molecule has 2 aromatic carbocycles. The normalized spacial score (nSPS) is 7.45. The Balaban J connectivity index is -0.000000306. The van der Waals surface area contributed by atoms with Gasteiger partial charge in [-0.2, -0.15) is 0 Å². The van der Waals surface area contributed by atoms with E-state index in [1.165, 1.54) is 38.1 Å². The molecule has 0 atom stereocenters. The second kappa shape index (κ2) is 24.4. The number of hydrogen-bond acceptors (Lipinski definition) is 2. The first-order valence-corrected chi connectivity index (χ1v) is 8.05. The largest absolute Gasteiger partial charge is 0.333 e. The average Bonchev–Trinajstić information content (AvgIpc) is 2.61. The highest BCUT2D eigenvalue weighted by Gasteiger charge is 1.91. The fourth-order valence-electron chi connectivity index (χ4n) is 1.26. The molecule has 0 radical (unpaired) electrons. The minimum absolute atomic E-state index is 1.25. The van der Waals surface area contributed by atoms with E-state index in [0.29, 0.717) is 0 Å². The second-order valence-electron chi connectivity index (χ2n) is 4.15. The maximum atomic E-state index is 4.50. The highest BCUT2D eigenvalue weighted by Crippen LogP contribution is 2.17. The standard InChI is InChI=1S/C12H10.2C3H8.2CH5N/c1-3-7-11(8-4-1)12-9-5-2-6-10-12;2*1-3-2;2*1-2/h1-10H;2*3H2,1-2H3;2*2H2,1H3. The summed E-state index contributed by atoms with van der Waals surface area (Å²) in [6.45, 7) is 8.50. The van der Waals surface area contributed by atoms with Gasteiger partial charge in [0, 0.05) is 0 Å². The van der Waals surface area contributed by atoms with Gasteiger partial charge in [-0.05, 0) is 25.2 Å². The first-order chi connectivity index (χ1) is 10.8. The Hall–Kier alpha value is -1.64. The van der Waals surface area contributed by atoms with Crippen LogP contribution in [0.3, 0.4) is 0 Å². The monoisotopic (exact) mass is 304 g/mol. The number of hydrogen-bond donors (Lipinski definition) is 2. The van der Waals surface area contributed by atoms with Crippen molar-refractivity contribution in [2.75, 3.05) is 14.1 Å². The molecule has 126 valence electrons. The van der Waals surface area contributed by atoms with Crippen LogP contribution in [-0.4, -0.2) is 14.1 Å². The molecule has 0 aliphatic heterocycles. The maximum Gasteiger partial charge on any atom is -0.0184 e. The predicted octanol–water partition coefficient (Wildman–Crippen LogP) is 5.34. The molecule has 0 aliphatic carbocycles. The van der Waals surface area contributed by atoms with Crippen molar-refractivity contribution >= 4 is 0 Å². The van der Waals surface area contributed by atoms with Crippen LogP contribution in [-0.2, 0) is 0 Å². The van der Waals surface area contributed by atoms with Gasteiger partial charge in [0.1, 0.15) is 0 Å². The van der Waals surface area contributed by atoms with E-state index in [-0.39, 0.29) is 0 Å². The summed E-state index contributed by atoms with van der Waals surface area (Å²) in [6.07, 6.45) is 2.50. The summed E-state index contributed by atoms with van der Waals surface area (Å²) >= 11 is 0. The third kappa shape index (κ3) is 16.4. The van der Waals surface area contributed by atoms with Crippen molar-refractivity contribution in [2.45, 2.75) is 40.5 Å².